The molecule has 0 saturated carbocycles. The summed E-state index contributed by atoms with van der Waals surface area (Å²) in [5, 5.41) is 4.22. The number of hydrazine groups is 1. The van der Waals surface area contributed by atoms with Gasteiger partial charge in [-0.2, -0.15) is 5.10 Å². The van der Waals surface area contributed by atoms with Crippen LogP contribution in [0.4, 0.5) is 4.39 Å². The molecule has 18 heavy (non-hydrogen) atoms. The largest absolute Gasteiger partial charge is 0.273 e. The van der Waals surface area contributed by atoms with Gasteiger partial charge in [0.05, 0.1) is 12.2 Å². The van der Waals surface area contributed by atoms with Gasteiger partial charge in [-0.1, -0.05) is 12.1 Å². The molecule has 1 unspecified atom stereocenters. The lowest BCUT2D eigenvalue weighted by Crippen LogP contribution is -2.28. The predicted molar refractivity (Wildman–Crippen MR) is 68.2 cm³/mol. The minimum atomic E-state index is -0.209. The van der Waals surface area contributed by atoms with Gasteiger partial charge in [-0.15, -0.1) is 0 Å². The van der Waals surface area contributed by atoms with Gasteiger partial charge >= 0.3 is 0 Å². The summed E-state index contributed by atoms with van der Waals surface area (Å²) in [4.78, 5) is 0. The monoisotopic (exact) mass is 248 g/mol. The zero-order chi connectivity index (χ0) is 13.1. The highest BCUT2D eigenvalue weighted by Crippen LogP contribution is 2.22. The number of nitrogens with two attached hydrogens (primary N) is 1. The van der Waals surface area contributed by atoms with Crippen molar-refractivity contribution in [3.8, 4) is 0 Å². The smallest absolute Gasteiger partial charge is 0.126 e. The molecule has 3 N–H and O–H groups in total. The van der Waals surface area contributed by atoms with E-state index in [9.17, 15) is 4.39 Å². The number of nitrogens with one attached hydrogen (secondary N) is 1. The molecule has 0 spiro atoms. The summed E-state index contributed by atoms with van der Waals surface area (Å²) in [6.07, 6.45) is 3.70. The van der Waals surface area contributed by atoms with Gasteiger partial charge in [0.1, 0.15) is 5.82 Å². The lowest BCUT2D eigenvalue weighted by atomic mass is 10.0. The van der Waals surface area contributed by atoms with Crippen molar-refractivity contribution in [2.45, 2.75) is 26.4 Å². The average molecular weight is 248 g/mol. The summed E-state index contributed by atoms with van der Waals surface area (Å²) in [5.74, 6) is 5.39. The van der Waals surface area contributed by atoms with Crippen LogP contribution < -0.4 is 11.3 Å². The Balaban J connectivity index is 2.35. The number of aryl methyl sites for hydroxylation is 2. The second kappa shape index (κ2) is 5.29. The Kier molecular flexibility index (Phi) is 3.74. The average Bonchev–Trinajstić information content (AvgIpc) is 2.83. The van der Waals surface area contributed by atoms with E-state index in [2.05, 4.69) is 10.5 Å². The molecule has 0 fully saturated rings. The first-order valence-electron chi connectivity index (χ1n) is 5.90. The molecular formula is C13H17FN4. The first kappa shape index (κ1) is 12.7. The van der Waals surface area contributed by atoms with E-state index in [0.29, 0.717) is 5.56 Å². The second-order valence-corrected chi connectivity index (χ2v) is 4.24. The lowest BCUT2D eigenvalue weighted by molar-refractivity contribution is 0.606. The first-order chi connectivity index (χ1) is 8.65. The fourth-order valence-electron chi connectivity index (χ4n) is 1.93. The van der Waals surface area contributed by atoms with Gasteiger partial charge < -0.3 is 0 Å². The topological polar surface area (TPSA) is 55.9 Å². The molecule has 5 heteroatoms. The van der Waals surface area contributed by atoms with Gasteiger partial charge in [0, 0.05) is 18.3 Å². The van der Waals surface area contributed by atoms with Crippen LogP contribution in [0.25, 0.3) is 0 Å². The standard InChI is InChI=1S/C13H17FN4/c1-3-18-8-11(7-16-18)13(17-15)10-4-5-12(14)9(2)6-10/h4-8,13,17H,3,15H2,1-2H3. The zero-order valence-electron chi connectivity index (χ0n) is 10.5. The van der Waals surface area contributed by atoms with Crippen LogP contribution in [0.3, 0.4) is 0 Å². The maximum absolute atomic E-state index is 13.3. The Labute approximate surface area is 106 Å². The summed E-state index contributed by atoms with van der Waals surface area (Å²) in [6, 6.07) is 4.81. The molecule has 1 aromatic carbocycles. The normalized spacial score (nSPS) is 12.7. The lowest BCUT2D eigenvalue weighted by Gasteiger charge is -2.15. The molecular weight excluding hydrogens is 231 g/mol. The van der Waals surface area contributed by atoms with Crippen molar-refractivity contribution in [3.05, 3.63) is 53.1 Å². The van der Waals surface area contributed by atoms with Crippen molar-refractivity contribution in [1.82, 2.24) is 15.2 Å². The number of nitrogens with zero attached hydrogens (tertiary/aromatic N) is 2. The third-order valence-electron chi connectivity index (χ3n) is 2.99. The Bertz CT molecular complexity index is 536. The summed E-state index contributed by atoms with van der Waals surface area (Å²) in [5.41, 5.74) is 5.24. The van der Waals surface area contributed by atoms with E-state index < -0.39 is 0 Å². The fourth-order valence-corrected chi connectivity index (χ4v) is 1.93. The Hall–Kier alpha value is -1.72. The van der Waals surface area contributed by atoms with Gasteiger partial charge in [0.15, 0.2) is 0 Å². The van der Waals surface area contributed by atoms with E-state index in [1.54, 1.807) is 25.3 Å². The minimum absolute atomic E-state index is 0.176. The van der Waals surface area contributed by atoms with Crippen molar-refractivity contribution < 1.29 is 4.39 Å². The fraction of sp³-hybridized carbons (Fsp3) is 0.308. The van der Waals surface area contributed by atoms with Crippen LogP contribution in [0.1, 0.15) is 29.7 Å². The molecule has 1 heterocycles. The van der Waals surface area contributed by atoms with Gasteiger partial charge in [0.25, 0.3) is 0 Å². The van der Waals surface area contributed by atoms with Crippen LogP contribution >= 0.6 is 0 Å². The summed E-state index contributed by atoms with van der Waals surface area (Å²) < 4.78 is 15.1. The molecule has 0 radical (unpaired) electrons. The van der Waals surface area contributed by atoms with Crippen LogP contribution in [-0.2, 0) is 6.54 Å². The van der Waals surface area contributed by atoms with Gasteiger partial charge in [-0.25, -0.2) is 9.82 Å². The van der Waals surface area contributed by atoms with Crippen molar-refractivity contribution in [1.29, 1.82) is 0 Å². The Morgan fingerprint density at radius 1 is 1.44 bits per heavy atom. The number of halogens is 1. The van der Waals surface area contributed by atoms with Crippen LogP contribution in [0.15, 0.2) is 30.6 Å². The highest BCUT2D eigenvalue weighted by molar-refractivity contribution is 5.32. The molecule has 0 amide bonds. The molecule has 1 atom stereocenters. The number of benzene rings is 1. The van der Waals surface area contributed by atoms with Gasteiger partial charge in [-0.05, 0) is 31.0 Å². The molecule has 0 aliphatic carbocycles. The van der Waals surface area contributed by atoms with Gasteiger partial charge in [-0.3, -0.25) is 10.5 Å². The number of rotatable bonds is 4. The summed E-state index contributed by atoms with van der Waals surface area (Å²) >= 11 is 0. The minimum Gasteiger partial charge on any atom is -0.273 e. The van der Waals surface area contributed by atoms with Crippen molar-refractivity contribution in [3.63, 3.8) is 0 Å². The molecule has 0 aliphatic heterocycles. The first-order valence-corrected chi connectivity index (χ1v) is 5.90. The van der Waals surface area contributed by atoms with E-state index in [0.717, 1.165) is 17.7 Å². The van der Waals surface area contributed by atoms with E-state index in [4.69, 9.17) is 5.84 Å². The van der Waals surface area contributed by atoms with E-state index in [1.165, 1.54) is 6.07 Å². The van der Waals surface area contributed by atoms with Crippen LogP contribution in [0, 0.1) is 12.7 Å². The number of hydrogen-bond acceptors (Lipinski definition) is 3. The predicted octanol–water partition coefficient (Wildman–Crippen LogP) is 1.90. The second-order valence-electron chi connectivity index (χ2n) is 4.24. The van der Waals surface area contributed by atoms with Crippen LogP contribution in [-0.4, -0.2) is 9.78 Å². The molecule has 2 rings (SSSR count). The van der Waals surface area contributed by atoms with Crippen LogP contribution in [0.5, 0.6) is 0 Å². The maximum Gasteiger partial charge on any atom is 0.126 e. The molecule has 0 bridgehead atoms. The van der Waals surface area contributed by atoms with Gasteiger partial charge in [0.2, 0.25) is 0 Å². The highest BCUT2D eigenvalue weighted by Gasteiger charge is 2.15. The molecule has 0 saturated heterocycles. The molecule has 0 aliphatic rings. The summed E-state index contributed by atoms with van der Waals surface area (Å²) in [7, 11) is 0. The maximum atomic E-state index is 13.3. The SMILES string of the molecule is CCn1cc(C(NN)c2ccc(F)c(C)c2)cn1. The van der Waals surface area contributed by atoms with Crippen molar-refractivity contribution >= 4 is 0 Å². The molecule has 96 valence electrons. The quantitative estimate of drug-likeness (QED) is 0.642. The van der Waals surface area contributed by atoms with E-state index in [1.807, 2.05) is 17.8 Å². The number of hydrogen-bond donors (Lipinski definition) is 2. The van der Waals surface area contributed by atoms with E-state index >= 15 is 0 Å². The summed E-state index contributed by atoms with van der Waals surface area (Å²) in [6.45, 7) is 4.56. The van der Waals surface area contributed by atoms with Crippen molar-refractivity contribution in [2.24, 2.45) is 5.84 Å². The third kappa shape index (κ3) is 2.42. The zero-order valence-corrected chi connectivity index (χ0v) is 10.5. The number of aromatic nitrogens is 2. The molecule has 4 nitrogen and oxygen atoms in total. The van der Waals surface area contributed by atoms with E-state index in [-0.39, 0.29) is 11.9 Å². The Morgan fingerprint density at radius 2 is 2.22 bits per heavy atom. The third-order valence-corrected chi connectivity index (χ3v) is 2.99. The van der Waals surface area contributed by atoms with Crippen molar-refractivity contribution in [2.75, 3.05) is 0 Å². The highest BCUT2D eigenvalue weighted by atomic mass is 19.1. The van der Waals surface area contributed by atoms with Crippen LogP contribution in [0.2, 0.25) is 0 Å². The molecule has 2 aromatic rings. The molecule has 1 aromatic heterocycles. The Morgan fingerprint density at radius 3 is 2.78 bits per heavy atom.